The standard InChI is InChI=1S/C20H21N5O/c26-20(17-5-2-8-22-13-17)25-10-3-6-18(15-25)19-23-9-11-24(19)14-16-4-1-7-21-12-16/h1-2,4-5,7-9,11-13,18H,3,6,10,14-15H2/t18-/m0/s1. The molecule has 1 amide bonds. The average Bonchev–Trinajstić information content (AvgIpc) is 3.17. The molecule has 6 heteroatoms. The summed E-state index contributed by atoms with van der Waals surface area (Å²) < 4.78 is 2.17. The van der Waals surface area contributed by atoms with Gasteiger partial charge in [-0.1, -0.05) is 6.07 Å². The molecule has 4 rings (SSSR count). The molecule has 1 aliphatic heterocycles. The number of piperidine rings is 1. The number of imidazole rings is 1. The summed E-state index contributed by atoms with van der Waals surface area (Å²) in [5, 5.41) is 0. The van der Waals surface area contributed by atoms with Crippen molar-refractivity contribution >= 4 is 5.91 Å². The molecule has 0 radical (unpaired) electrons. The fraction of sp³-hybridized carbons (Fsp3) is 0.300. The predicted molar refractivity (Wildman–Crippen MR) is 97.7 cm³/mol. The Morgan fingerprint density at radius 3 is 2.73 bits per heavy atom. The van der Waals surface area contributed by atoms with Crippen molar-refractivity contribution in [3.8, 4) is 0 Å². The van der Waals surface area contributed by atoms with Crippen molar-refractivity contribution in [2.75, 3.05) is 13.1 Å². The summed E-state index contributed by atoms with van der Waals surface area (Å²) in [6.07, 6.45) is 12.8. The minimum Gasteiger partial charge on any atom is -0.338 e. The van der Waals surface area contributed by atoms with E-state index in [1.165, 1.54) is 0 Å². The van der Waals surface area contributed by atoms with E-state index in [4.69, 9.17) is 0 Å². The maximum absolute atomic E-state index is 12.7. The molecule has 0 saturated carbocycles. The van der Waals surface area contributed by atoms with E-state index in [9.17, 15) is 4.79 Å². The third-order valence-corrected chi connectivity index (χ3v) is 4.81. The predicted octanol–water partition coefficient (Wildman–Crippen LogP) is 2.74. The van der Waals surface area contributed by atoms with Crippen molar-refractivity contribution < 1.29 is 4.79 Å². The highest BCUT2D eigenvalue weighted by molar-refractivity contribution is 5.93. The van der Waals surface area contributed by atoms with E-state index in [2.05, 4.69) is 25.6 Å². The van der Waals surface area contributed by atoms with Gasteiger partial charge in [0.2, 0.25) is 0 Å². The second-order valence-corrected chi connectivity index (χ2v) is 6.61. The van der Waals surface area contributed by atoms with Crippen LogP contribution in [0.4, 0.5) is 0 Å². The zero-order chi connectivity index (χ0) is 17.8. The first-order chi connectivity index (χ1) is 12.8. The first-order valence-corrected chi connectivity index (χ1v) is 8.90. The smallest absolute Gasteiger partial charge is 0.255 e. The molecule has 1 saturated heterocycles. The molecular formula is C20H21N5O. The Morgan fingerprint density at radius 1 is 1.12 bits per heavy atom. The fourth-order valence-electron chi connectivity index (χ4n) is 3.55. The van der Waals surface area contributed by atoms with Gasteiger partial charge in [0, 0.05) is 56.2 Å². The lowest BCUT2D eigenvalue weighted by Crippen LogP contribution is -2.39. The third-order valence-electron chi connectivity index (χ3n) is 4.81. The van der Waals surface area contributed by atoms with Crippen LogP contribution in [0, 0.1) is 0 Å². The molecular weight excluding hydrogens is 326 g/mol. The first kappa shape index (κ1) is 16.4. The second-order valence-electron chi connectivity index (χ2n) is 6.61. The van der Waals surface area contributed by atoms with Crippen molar-refractivity contribution in [2.24, 2.45) is 0 Å². The number of rotatable bonds is 4. The normalized spacial score (nSPS) is 17.2. The van der Waals surface area contributed by atoms with Crippen LogP contribution in [0.25, 0.3) is 0 Å². The summed E-state index contributed by atoms with van der Waals surface area (Å²) in [6.45, 7) is 2.22. The molecule has 132 valence electrons. The maximum atomic E-state index is 12.7. The molecule has 1 fully saturated rings. The molecule has 3 aromatic heterocycles. The molecule has 0 aromatic carbocycles. The Balaban J connectivity index is 1.50. The summed E-state index contributed by atoms with van der Waals surface area (Å²) in [5.41, 5.74) is 1.79. The summed E-state index contributed by atoms with van der Waals surface area (Å²) in [4.78, 5) is 27.5. The van der Waals surface area contributed by atoms with Crippen LogP contribution in [-0.4, -0.2) is 43.4 Å². The van der Waals surface area contributed by atoms with Gasteiger partial charge in [0.25, 0.3) is 5.91 Å². The number of pyridine rings is 2. The van der Waals surface area contributed by atoms with Gasteiger partial charge < -0.3 is 9.47 Å². The van der Waals surface area contributed by atoms with Gasteiger partial charge in [0.15, 0.2) is 0 Å². The highest BCUT2D eigenvalue weighted by atomic mass is 16.2. The average molecular weight is 347 g/mol. The Labute approximate surface area is 152 Å². The summed E-state index contributed by atoms with van der Waals surface area (Å²) in [5.74, 6) is 1.33. The van der Waals surface area contributed by atoms with Gasteiger partial charge in [-0.3, -0.25) is 14.8 Å². The van der Waals surface area contributed by atoms with E-state index >= 15 is 0 Å². The molecule has 0 aliphatic carbocycles. The highest BCUT2D eigenvalue weighted by Gasteiger charge is 2.28. The summed E-state index contributed by atoms with van der Waals surface area (Å²) >= 11 is 0. The summed E-state index contributed by atoms with van der Waals surface area (Å²) in [7, 11) is 0. The molecule has 3 aromatic rings. The minimum absolute atomic E-state index is 0.0492. The lowest BCUT2D eigenvalue weighted by Gasteiger charge is -2.32. The number of hydrogen-bond donors (Lipinski definition) is 0. The number of hydrogen-bond acceptors (Lipinski definition) is 4. The molecule has 0 spiro atoms. The first-order valence-electron chi connectivity index (χ1n) is 8.90. The van der Waals surface area contributed by atoms with Crippen molar-refractivity contribution in [2.45, 2.75) is 25.3 Å². The molecule has 26 heavy (non-hydrogen) atoms. The van der Waals surface area contributed by atoms with E-state index in [1.807, 2.05) is 35.6 Å². The third kappa shape index (κ3) is 3.49. The maximum Gasteiger partial charge on any atom is 0.255 e. The fourth-order valence-corrected chi connectivity index (χ4v) is 3.55. The molecule has 6 nitrogen and oxygen atoms in total. The van der Waals surface area contributed by atoms with Crippen LogP contribution in [0.15, 0.2) is 61.4 Å². The number of aromatic nitrogens is 4. The zero-order valence-corrected chi connectivity index (χ0v) is 14.5. The Kier molecular flexibility index (Phi) is 4.73. The van der Waals surface area contributed by atoms with Gasteiger partial charge in [0.1, 0.15) is 5.82 Å². The van der Waals surface area contributed by atoms with Crippen LogP contribution >= 0.6 is 0 Å². The van der Waals surface area contributed by atoms with Crippen LogP contribution in [0.5, 0.6) is 0 Å². The van der Waals surface area contributed by atoms with Crippen molar-refractivity contribution in [3.63, 3.8) is 0 Å². The van der Waals surface area contributed by atoms with Gasteiger partial charge in [0.05, 0.1) is 12.1 Å². The van der Waals surface area contributed by atoms with Crippen LogP contribution in [0.2, 0.25) is 0 Å². The van der Waals surface area contributed by atoms with Crippen LogP contribution in [-0.2, 0) is 6.54 Å². The van der Waals surface area contributed by atoms with Gasteiger partial charge in [-0.15, -0.1) is 0 Å². The van der Waals surface area contributed by atoms with Crippen LogP contribution < -0.4 is 0 Å². The number of likely N-dealkylation sites (tertiary alicyclic amines) is 1. The van der Waals surface area contributed by atoms with Gasteiger partial charge in [-0.05, 0) is 36.6 Å². The molecule has 0 bridgehead atoms. The Hall–Kier alpha value is -3.02. The van der Waals surface area contributed by atoms with Crippen LogP contribution in [0.1, 0.15) is 40.5 Å². The summed E-state index contributed by atoms with van der Waals surface area (Å²) in [6, 6.07) is 7.63. The van der Waals surface area contributed by atoms with Gasteiger partial charge in [-0.25, -0.2) is 4.98 Å². The largest absolute Gasteiger partial charge is 0.338 e. The molecule has 1 aliphatic rings. The SMILES string of the molecule is O=C(c1cccnc1)N1CCC[C@H](c2nccn2Cc2cccnc2)C1. The van der Waals surface area contributed by atoms with Crippen molar-refractivity contribution in [1.29, 1.82) is 0 Å². The van der Waals surface area contributed by atoms with Crippen molar-refractivity contribution in [1.82, 2.24) is 24.4 Å². The van der Waals surface area contributed by atoms with E-state index in [0.29, 0.717) is 12.1 Å². The second kappa shape index (κ2) is 7.47. The minimum atomic E-state index is 0.0492. The molecule has 4 heterocycles. The monoisotopic (exact) mass is 347 g/mol. The topological polar surface area (TPSA) is 63.9 Å². The van der Waals surface area contributed by atoms with Crippen molar-refractivity contribution in [3.05, 3.63) is 78.4 Å². The number of nitrogens with zero attached hydrogens (tertiary/aromatic N) is 5. The highest BCUT2D eigenvalue weighted by Crippen LogP contribution is 2.27. The zero-order valence-electron chi connectivity index (χ0n) is 14.5. The number of amides is 1. The quantitative estimate of drug-likeness (QED) is 0.728. The lowest BCUT2D eigenvalue weighted by atomic mass is 9.96. The Morgan fingerprint density at radius 2 is 1.96 bits per heavy atom. The Bertz CT molecular complexity index is 862. The molecule has 1 atom stereocenters. The molecule has 0 unspecified atom stereocenters. The lowest BCUT2D eigenvalue weighted by molar-refractivity contribution is 0.0703. The number of carbonyl (C=O) groups is 1. The van der Waals surface area contributed by atoms with E-state index in [1.54, 1.807) is 24.7 Å². The van der Waals surface area contributed by atoms with Crippen LogP contribution in [0.3, 0.4) is 0 Å². The van der Waals surface area contributed by atoms with Gasteiger partial charge >= 0.3 is 0 Å². The van der Waals surface area contributed by atoms with E-state index in [0.717, 1.165) is 37.3 Å². The molecule has 0 N–H and O–H groups in total. The number of carbonyl (C=O) groups excluding carboxylic acids is 1. The van der Waals surface area contributed by atoms with E-state index < -0.39 is 0 Å². The van der Waals surface area contributed by atoms with E-state index in [-0.39, 0.29) is 11.8 Å². The van der Waals surface area contributed by atoms with Gasteiger partial charge in [-0.2, -0.15) is 0 Å².